The minimum atomic E-state index is -3.82. The van der Waals surface area contributed by atoms with Gasteiger partial charge in [-0.05, 0) is 55.2 Å². The van der Waals surface area contributed by atoms with Gasteiger partial charge in [0.1, 0.15) is 11.9 Å². The number of carbonyl (C=O) groups is 3. The molecule has 0 spiro atoms. The number of carbonyl (C=O) groups excluding carboxylic acids is 3. The molecule has 2 aromatic rings. The minimum Gasteiger partial charge on any atom is -0.341 e. The average molecular weight is 488 g/mol. The van der Waals surface area contributed by atoms with Gasteiger partial charge in [0.2, 0.25) is 15.9 Å². The molecular formula is C24H26FN3O5S. The second-order valence-corrected chi connectivity index (χ2v) is 10.6. The molecule has 0 aromatic heterocycles. The van der Waals surface area contributed by atoms with E-state index in [0.29, 0.717) is 24.0 Å². The molecule has 1 N–H and O–H groups in total. The van der Waals surface area contributed by atoms with Gasteiger partial charge in [0, 0.05) is 19.1 Å². The predicted octanol–water partition coefficient (Wildman–Crippen LogP) is 2.42. The van der Waals surface area contributed by atoms with Crippen LogP contribution in [-0.2, 0) is 14.8 Å². The highest BCUT2D eigenvalue weighted by Gasteiger charge is 2.45. The Hall–Kier alpha value is -3.11. The first-order valence-corrected chi connectivity index (χ1v) is 12.6. The largest absolute Gasteiger partial charge is 0.341 e. The SMILES string of the molecule is CC(C)C(C(=O)N1CCC(NS(=O)(=O)c2ccc(F)cc2)CC1)N1C(=O)c2ccccc2C1=O. The van der Waals surface area contributed by atoms with Crippen molar-refractivity contribution in [2.45, 2.75) is 43.7 Å². The van der Waals surface area contributed by atoms with Crippen LogP contribution >= 0.6 is 0 Å². The summed E-state index contributed by atoms with van der Waals surface area (Å²) in [7, 11) is -3.82. The maximum atomic E-state index is 13.4. The molecule has 0 bridgehead atoms. The van der Waals surface area contributed by atoms with E-state index >= 15 is 0 Å². The summed E-state index contributed by atoms with van der Waals surface area (Å²) >= 11 is 0. The van der Waals surface area contributed by atoms with Crippen molar-refractivity contribution in [3.63, 3.8) is 0 Å². The zero-order chi connectivity index (χ0) is 24.6. The van der Waals surface area contributed by atoms with Crippen LogP contribution in [-0.4, -0.2) is 61.1 Å². The number of hydrogen-bond acceptors (Lipinski definition) is 5. The molecule has 1 fully saturated rings. The van der Waals surface area contributed by atoms with Crippen LogP contribution in [0.1, 0.15) is 47.4 Å². The van der Waals surface area contributed by atoms with Crippen molar-refractivity contribution in [1.29, 1.82) is 0 Å². The summed E-state index contributed by atoms with van der Waals surface area (Å²) in [6.07, 6.45) is 0.748. The lowest BCUT2D eigenvalue weighted by atomic mass is 9.98. The van der Waals surface area contributed by atoms with Crippen molar-refractivity contribution in [3.8, 4) is 0 Å². The van der Waals surface area contributed by atoms with Crippen molar-refractivity contribution >= 4 is 27.7 Å². The van der Waals surface area contributed by atoms with E-state index in [1.165, 1.54) is 12.1 Å². The Bertz CT molecular complexity index is 1190. The molecule has 180 valence electrons. The van der Waals surface area contributed by atoms with Crippen LogP contribution in [0.25, 0.3) is 0 Å². The fourth-order valence-corrected chi connectivity index (χ4v) is 5.77. The molecule has 2 heterocycles. The summed E-state index contributed by atoms with van der Waals surface area (Å²) in [5.74, 6) is -2.11. The maximum Gasteiger partial charge on any atom is 0.262 e. The van der Waals surface area contributed by atoms with Crippen molar-refractivity contribution in [1.82, 2.24) is 14.5 Å². The average Bonchev–Trinajstić information content (AvgIpc) is 3.05. The Labute approximate surface area is 197 Å². The number of sulfonamides is 1. The molecule has 4 rings (SSSR count). The molecule has 1 atom stereocenters. The third-order valence-electron chi connectivity index (χ3n) is 6.24. The van der Waals surface area contributed by atoms with Crippen LogP contribution in [0.15, 0.2) is 53.4 Å². The maximum absolute atomic E-state index is 13.4. The van der Waals surface area contributed by atoms with Crippen molar-refractivity contribution in [2.24, 2.45) is 5.92 Å². The predicted molar refractivity (Wildman–Crippen MR) is 122 cm³/mol. The van der Waals surface area contributed by atoms with Gasteiger partial charge in [-0.2, -0.15) is 0 Å². The number of benzene rings is 2. The third kappa shape index (κ3) is 4.47. The van der Waals surface area contributed by atoms with Crippen molar-refractivity contribution < 1.29 is 27.2 Å². The highest BCUT2D eigenvalue weighted by molar-refractivity contribution is 7.89. The van der Waals surface area contributed by atoms with Gasteiger partial charge in [0.15, 0.2) is 0 Å². The van der Waals surface area contributed by atoms with Crippen LogP contribution in [0.5, 0.6) is 0 Å². The zero-order valence-electron chi connectivity index (χ0n) is 18.9. The Kier molecular flexibility index (Phi) is 6.55. The van der Waals surface area contributed by atoms with Crippen LogP contribution in [0.2, 0.25) is 0 Å². The number of imide groups is 1. The standard InChI is InChI=1S/C24H26FN3O5S/c1-15(2)21(28-22(29)19-5-3-4-6-20(19)23(28)30)24(31)27-13-11-17(12-14-27)26-34(32,33)18-9-7-16(25)8-10-18/h3-10,15,17,21,26H,11-14H2,1-2H3. The van der Waals surface area contributed by atoms with Gasteiger partial charge < -0.3 is 4.90 Å². The minimum absolute atomic E-state index is 0.0297. The molecule has 3 amide bonds. The Balaban J connectivity index is 1.43. The van der Waals surface area contributed by atoms with Crippen molar-refractivity contribution in [2.75, 3.05) is 13.1 Å². The first-order valence-electron chi connectivity index (χ1n) is 11.1. The van der Waals surface area contributed by atoms with E-state index in [1.54, 1.807) is 43.0 Å². The molecule has 2 aliphatic heterocycles. The molecule has 1 unspecified atom stereocenters. The topological polar surface area (TPSA) is 104 Å². The van der Waals surface area contributed by atoms with E-state index in [0.717, 1.165) is 17.0 Å². The Morgan fingerprint density at radius 1 is 0.971 bits per heavy atom. The number of nitrogens with one attached hydrogen (secondary N) is 1. The second kappa shape index (κ2) is 9.27. The van der Waals surface area contributed by atoms with Gasteiger partial charge in [-0.15, -0.1) is 0 Å². The van der Waals surface area contributed by atoms with Crippen molar-refractivity contribution in [3.05, 3.63) is 65.5 Å². The quantitative estimate of drug-likeness (QED) is 0.631. The number of likely N-dealkylation sites (tertiary alicyclic amines) is 1. The summed E-state index contributed by atoms with van der Waals surface area (Å²) in [5.41, 5.74) is 0.583. The first kappa shape index (κ1) is 24.0. The smallest absolute Gasteiger partial charge is 0.262 e. The van der Waals surface area contributed by atoms with E-state index in [4.69, 9.17) is 0 Å². The second-order valence-electron chi connectivity index (χ2n) is 8.89. The molecular weight excluding hydrogens is 461 g/mol. The van der Waals surface area contributed by atoms with Crippen LogP contribution < -0.4 is 4.72 Å². The summed E-state index contributed by atoms with van der Waals surface area (Å²) in [5, 5.41) is 0. The molecule has 0 radical (unpaired) electrons. The normalized spacial score (nSPS) is 17.9. The van der Waals surface area contributed by atoms with Crippen LogP contribution in [0.4, 0.5) is 4.39 Å². The van der Waals surface area contributed by atoms with Gasteiger partial charge in [-0.1, -0.05) is 26.0 Å². The Morgan fingerprint density at radius 3 is 2.00 bits per heavy atom. The number of rotatable bonds is 6. The van der Waals surface area contributed by atoms with Crippen LogP contribution in [0, 0.1) is 11.7 Å². The number of piperidine rings is 1. The lowest BCUT2D eigenvalue weighted by Gasteiger charge is -2.37. The van der Waals surface area contributed by atoms with Crippen LogP contribution in [0.3, 0.4) is 0 Å². The molecule has 10 heteroatoms. The van der Waals surface area contributed by atoms with Gasteiger partial charge in [0.25, 0.3) is 11.8 Å². The zero-order valence-corrected chi connectivity index (χ0v) is 19.7. The van der Waals surface area contributed by atoms with E-state index < -0.39 is 39.7 Å². The van der Waals surface area contributed by atoms with Gasteiger partial charge in [-0.3, -0.25) is 19.3 Å². The summed E-state index contributed by atoms with van der Waals surface area (Å²) in [4.78, 5) is 41.9. The van der Waals surface area contributed by atoms with Gasteiger partial charge >= 0.3 is 0 Å². The Morgan fingerprint density at radius 2 is 1.50 bits per heavy atom. The first-order chi connectivity index (χ1) is 16.1. The molecule has 34 heavy (non-hydrogen) atoms. The molecule has 0 saturated carbocycles. The fraction of sp³-hybridized carbons (Fsp3) is 0.375. The summed E-state index contributed by atoms with van der Waals surface area (Å²) < 4.78 is 40.9. The monoisotopic (exact) mass is 487 g/mol. The lowest BCUT2D eigenvalue weighted by molar-refractivity contribution is -0.138. The molecule has 2 aliphatic rings. The number of amides is 3. The highest BCUT2D eigenvalue weighted by Crippen LogP contribution is 2.29. The molecule has 8 nitrogen and oxygen atoms in total. The lowest BCUT2D eigenvalue weighted by Crippen LogP contribution is -2.56. The fourth-order valence-electron chi connectivity index (χ4n) is 4.46. The number of hydrogen-bond donors (Lipinski definition) is 1. The van der Waals surface area contributed by atoms with Gasteiger partial charge in [0.05, 0.1) is 16.0 Å². The number of fused-ring (bicyclic) bond motifs is 1. The van der Waals surface area contributed by atoms with E-state index in [1.807, 2.05) is 0 Å². The summed E-state index contributed by atoms with van der Waals surface area (Å²) in [6, 6.07) is 9.75. The van der Waals surface area contributed by atoms with E-state index in [-0.39, 0.29) is 29.8 Å². The van der Waals surface area contributed by atoms with E-state index in [9.17, 15) is 27.2 Å². The molecule has 2 aromatic carbocycles. The third-order valence-corrected chi connectivity index (χ3v) is 7.78. The number of halogens is 1. The molecule has 1 saturated heterocycles. The van der Waals surface area contributed by atoms with Gasteiger partial charge in [-0.25, -0.2) is 17.5 Å². The van der Waals surface area contributed by atoms with E-state index in [2.05, 4.69) is 4.72 Å². The highest BCUT2D eigenvalue weighted by atomic mass is 32.2. The number of nitrogens with zero attached hydrogens (tertiary/aromatic N) is 2. The summed E-state index contributed by atoms with van der Waals surface area (Å²) in [6.45, 7) is 4.13. The molecule has 0 aliphatic carbocycles.